The molecule has 1 saturated heterocycles. The van der Waals surface area contributed by atoms with E-state index in [0.29, 0.717) is 11.4 Å². The van der Waals surface area contributed by atoms with E-state index in [1.165, 1.54) is 0 Å². The van der Waals surface area contributed by atoms with Crippen LogP contribution in [0.3, 0.4) is 0 Å². The van der Waals surface area contributed by atoms with E-state index in [1.54, 1.807) is 23.5 Å². The first-order valence-electron chi connectivity index (χ1n) is 7.87. The molecule has 0 aliphatic carbocycles. The molecule has 0 radical (unpaired) electrons. The monoisotopic (exact) mass is 349 g/mol. The number of carbonyl (C=O) groups is 1. The predicted octanol–water partition coefficient (Wildman–Crippen LogP) is 3.92. The molecule has 3 rings (SSSR count). The van der Waals surface area contributed by atoms with Crippen molar-refractivity contribution >= 4 is 28.8 Å². The van der Waals surface area contributed by atoms with Gasteiger partial charge in [0.05, 0.1) is 12.5 Å². The van der Waals surface area contributed by atoms with Gasteiger partial charge in [0.1, 0.15) is 0 Å². The van der Waals surface area contributed by atoms with E-state index in [1.807, 2.05) is 34.5 Å². The molecular formula is C18H20ClNO2S. The van der Waals surface area contributed by atoms with Crippen molar-refractivity contribution in [3.8, 4) is 0 Å². The molecule has 1 aromatic carbocycles. The number of rotatable bonds is 4. The Bertz CT molecular complexity index is 634. The quantitative estimate of drug-likeness (QED) is 0.908. The number of halogens is 1. The molecule has 1 aliphatic rings. The molecule has 1 amide bonds. The molecule has 3 nitrogen and oxygen atoms in total. The summed E-state index contributed by atoms with van der Waals surface area (Å²) < 4.78 is 0. The van der Waals surface area contributed by atoms with Gasteiger partial charge in [-0.25, -0.2) is 0 Å². The Hall–Kier alpha value is -1.36. The van der Waals surface area contributed by atoms with Gasteiger partial charge < -0.3 is 10.0 Å². The van der Waals surface area contributed by atoms with Crippen LogP contribution in [0.5, 0.6) is 0 Å². The van der Waals surface area contributed by atoms with E-state index in [-0.39, 0.29) is 11.8 Å². The van der Waals surface area contributed by atoms with Crippen LogP contribution in [0.25, 0.3) is 0 Å². The first-order chi connectivity index (χ1) is 11.1. The van der Waals surface area contributed by atoms with Crippen LogP contribution in [0.4, 0.5) is 0 Å². The van der Waals surface area contributed by atoms with Gasteiger partial charge in [0.2, 0.25) is 5.91 Å². The van der Waals surface area contributed by atoms with Gasteiger partial charge in [0.25, 0.3) is 0 Å². The SMILES string of the molecule is O=C(Cc1cccs1)N1CCC(C(O)c2ccc(Cl)cc2)CC1. The maximum absolute atomic E-state index is 12.3. The normalized spacial score (nSPS) is 17.2. The van der Waals surface area contributed by atoms with E-state index >= 15 is 0 Å². The Labute approximate surface area is 145 Å². The van der Waals surface area contributed by atoms with Crippen LogP contribution in [0.1, 0.15) is 29.4 Å². The second kappa shape index (κ2) is 7.47. The van der Waals surface area contributed by atoms with Crippen LogP contribution in [-0.2, 0) is 11.2 Å². The molecule has 1 fully saturated rings. The molecule has 0 spiro atoms. The maximum atomic E-state index is 12.3. The fourth-order valence-electron chi connectivity index (χ4n) is 3.07. The fourth-order valence-corrected chi connectivity index (χ4v) is 3.89. The van der Waals surface area contributed by atoms with Crippen LogP contribution in [0.15, 0.2) is 41.8 Å². The van der Waals surface area contributed by atoms with Crippen molar-refractivity contribution in [2.45, 2.75) is 25.4 Å². The van der Waals surface area contributed by atoms with Crippen molar-refractivity contribution in [3.63, 3.8) is 0 Å². The van der Waals surface area contributed by atoms with Crippen molar-refractivity contribution in [2.24, 2.45) is 5.92 Å². The lowest BCUT2D eigenvalue weighted by Crippen LogP contribution is -2.40. The zero-order chi connectivity index (χ0) is 16.2. The van der Waals surface area contributed by atoms with Crippen molar-refractivity contribution < 1.29 is 9.90 Å². The van der Waals surface area contributed by atoms with Gasteiger partial charge in [-0.15, -0.1) is 11.3 Å². The minimum Gasteiger partial charge on any atom is -0.388 e. The van der Waals surface area contributed by atoms with Crippen molar-refractivity contribution in [1.82, 2.24) is 4.90 Å². The van der Waals surface area contributed by atoms with Gasteiger partial charge in [-0.2, -0.15) is 0 Å². The van der Waals surface area contributed by atoms with Gasteiger partial charge in [-0.3, -0.25) is 4.79 Å². The molecule has 5 heteroatoms. The largest absolute Gasteiger partial charge is 0.388 e. The lowest BCUT2D eigenvalue weighted by molar-refractivity contribution is -0.132. The zero-order valence-corrected chi connectivity index (χ0v) is 14.4. The first kappa shape index (κ1) is 16.5. The van der Waals surface area contributed by atoms with Crippen LogP contribution >= 0.6 is 22.9 Å². The number of amides is 1. The van der Waals surface area contributed by atoms with Gasteiger partial charge in [-0.05, 0) is 47.9 Å². The lowest BCUT2D eigenvalue weighted by atomic mass is 9.87. The Morgan fingerprint density at radius 1 is 1.26 bits per heavy atom. The molecule has 1 unspecified atom stereocenters. The number of carbonyl (C=O) groups excluding carboxylic acids is 1. The highest BCUT2D eigenvalue weighted by atomic mass is 35.5. The summed E-state index contributed by atoms with van der Waals surface area (Å²) in [7, 11) is 0. The molecule has 2 heterocycles. The minimum atomic E-state index is -0.484. The Kier molecular flexibility index (Phi) is 5.36. The van der Waals surface area contributed by atoms with Crippen LogP contribution in [0.2, 0.25) is 5.02 Å². The number of hydrogen-bond donors (Lipinski definition) is 1. The molecule has 0 bridgehead atoms. The van der Waals surface area contributed by atoms with Crippen molar-refractivity contribution in [2.75, 3.05) is 13.1 Å². The van der Waals surface area contributed by atoms with Crippen LogP contribution in [-0.4, -0.2) is 29.0 Å². The first-order valence-corrected chi connectivity index (χ1v) is 9.13. The molecule has 1 atom stereocenters. The molecule has 0 saturated carbocycles. The summed E-state index contributed by atoms with van der Waals surface area (Å²) >= 11 is 7.51. The number of nitrogens with zero attached hydrogens (tertiary/aromatic N) is 1. The molecular weight excluding hydrogens is 330 g/mol. The predicted molar refractivity (Wildman–Crippen MR) is 93.7 cm³/mol. The van der Waals surface area contributed by atoms with Gasteiger partial charge >= 0.3 is 0 Å². The third-order valence-electron chi connectivity index (χ3n) is 4.46. The lowest BCUT2D eigenvalue weighted by Gasteiger charge is -2.34. The van der Waals surface area contributed by atoms with Gasteiger partial charge in [0.15, 0.2) is 0 Å². The third-order valence-corrected chi connectivity index (χ3v) is 5.58. The maximum Gasteiger partial charge on any atom is 0.227 e. The van der Waals surface area contributed by atoms with Crippen molar-refractivity contribution in [1.29, 1.82) is 0 Å². The molecule has 1 aromatic heterocycles. The van der Waals surface area contributed by atoms with E-state index in [9.17, 15) is 9.90 Å². The summed E-state index contributed by atoms with van der Waals surface area (Å²) in [5, 5.41) is 13.2. The van der Waals surface area contributed by atoms with E-state index < -0.39 is 6.10 Å². The van der Waals surface area contributed by atoms with Gasteiger partial charge in [-0.1, -0.05) is 29.8 Å². The summed E-state index contributed by atoms with van der Waals surface area (Å²) in [5.74, 6) is 0.383. The highest BCUT2D eigenvalue weighted by Gasteiger charge is 2.28. The third kappa shape index (κ3) is 4.14. The number of aliphatic hydroxyl groups is 1. The second-order valence-electron chi connectivity index (χ2n) is 5.97. The Morgan fingerprint density at radius 3 is 2.57 bits per heavy atom. The molecule has 23 heavy (non-hydrogen) atoms. The molecule has 2 aromatic rings. The molecule has 1 N–H and O–H groups in total. The standard InChI is InChI=1S/C18H20ClNO2S/c19-15-5-3-13(4-6-15)18(22)14-7-9-20(10-8-14)17(21)12-16-2-1-11-23-16/h1-6,11,14,18,22H,7-10,12H2. The number of benzene rings is 1. The van der Waals surface area contributed by atoms with Crippen LogP contribution < -0.4 is 0 Å². The smallest absolute Gasteiger partial charge is 0.227 e. The number of thiophene rings is 1. The fraction of sp³-hybridized carbons (Fsp3) is 0.389. The average molecular weight is 350 g/mol. The number of aliphatic hydroxyl groups excluding tert-OH is 1. The van der Waals surface area contributed by atoms with Crippen molar-refractivity contribution in [3.05, 3.63) is 57.2 Å². The number of hydrogen-bond acceptors (Lipinski definition) is 3. The second-order valence-corrected chi connectivity index (χ2v) is 7.44. The zero-order valence-electron chi connectivity index (χ0n) is 12.8. The highest BCUT2D eigenvalue weighted by molar-refractivity contribution is 7.10. The summed E-state index contributed by atoms with van der Waals surface area (Å²) in [5.41, 5.74) is 0.901. The molecule has 122 valence electrons. The summed E-state index contributed by atoms with van der Waals surface area (Å²) in [6, 6.07) is 11.3. The van der Waals surface area contributed by atoms with Gasteiger partial charge in [0, 0.05) is 23.0 Å². The highest BCUT2D eigenvalue weighted by Crippen LogP contribution is 2.31. The Balaban J connectivity index is 1.53. The Morgan fingerprint density at radius 2 is 1.96 bits per heavy atom. The van der Waals surface area contributed by atoms with Crippen LogP contribution in [0, 0.1) is 5.92 Å². The summed E-state index contributed by atoms with van der Waals surface area (Å²) in [6.07, 6.45) is 1.67. The van der Waals surface area contributed by atoms with E-state index in [2.05, 4.69) is 0 Å². The van der Waals surface area contributed by atoms with E-state index in [0.717, 1.165) is 36.4 Å². The summed E-state index contributed by atoms with van der Waals surface area (Å²) in [4.78, 5) is 15.3. The summed E-state index contributed by atoms with van der Waals surface area (Å²) in [6.45, 7) is 1.44. The average Bonchev–Trinajstić information content (AvgIpc) is 3.08. The minimum absolute atomic E-state index is 0.187. The van der Waals surface area contributed by atoms with E-state index in [4.69, 9.17) is 11.6 Å². The topological polar surface area (TPSA) is 40.5 Å². The number of piperidine rings is 1. The molecule has 1 aliphatic heterocycles. The number of likely N-dealkylation sites (tertiary alicyclic amines) is 1.